The molecule has 2 amide bonds. The third kappa shape index (κ3) is 4.05. The molecule has 0 bridgehead atoms. The summed E-state index contributed by atoms with van der Waals surface area (Å²) in [5.41, 5.74) is 0.939. The van der Waals surface area contributed by atoms with Crippen molar-refractivity contribution in [1.29, 1.82) is 0 Å². The topological polar surface area (TPSA) is 58.2 Å². The van der Waals surface area contributed by atoms with Gasteiger partial charge in [0.1, 0.15) is 6.04 Å². The van der Waals surface area contributed by atoms with Crippen LogP contribution in [0.5, 0.6) is 0 Å². The SMILES string of the molecule is CCNC(=O)[C@H](C)NC(=O)Cc1ccc2ccccc2c1. The van der Waals surface area contributed by atoms with Crippen molar-refractivity contribution < 1.29 is 9.59 Å². The first-order valence-electron chi connectivity index (χ1n) is 7.15. The van der Waals surface area contributed by atoms with E-state index < -0.39 is 6.04 Å². The van der Waals surface area contributed by atoms with Crippen LogP contribution in [0.3, 0.4) is 0 Å². The molecule has 2 rings (SSSR count). The summed E-state index contributed by atoms with van der Waals surface area (Å²) in [5, 5.41) is 7.66. The maximum absolute atomic E-state index is 12.0. The van der Waals surface area contributed by atoms with Gasteiger partial charge in [-0.3, -0.25) is 9.59 Å². The second-order valence-electron chi connectivity index (χ2n) is 5.04. The fourth-order valence-electron chi connectivity index (χ4n) is 2.22. The molecule has 0 aliphatic carbocycles. The second kappa shape index (κ2) is 6.88. The predicted octanol–water partition coefficient (Wildman–Crippen LogP) is 2.02. The number of amides is 2. The van der Waals surface area contributed by atoms with E-state index in [4.69, 9.17) is 0 Å². The Kier molecular flexibility index (Phi) is 4.93. The Morgan fingerprint density at radius 2 is 1.81 bits per heavy atom. The molecule has 4 nitrogen and oxygen atoms in total. The van der Waals surface area contributed by atoms with E-state index in [0.29, 0.717) is 6.54 Å². The van der Waals surface area contributed by atoms with Crippen LogP contribution in [0, 0.1) is 0 Å². The molecule has 0 heterocycles. The summed E-state index contributed by atoms with van der Waals surface area (Å²) in [5.74, 6) is -0.312. The van der Waals surface area contributed by atoms with Crippen molar-refractivity contribution in [3.63, 3.8) is 0 Å². The van der Waals surface area contributed by atoms with E-state index in [0.717, 1.165) is 16.3 Å². The second-order valence-corrected chi connectivity index (χ2v) is 5.04. The van der Waals surface area contributed by atoms with E-state index in [1.165, 1.54) is 0 Å². The van der Waals surface area contributed by atoms with Gasteiger partial charge in [0.25, 0.3) is 0 Å². The van der Waals surface area contributed by atoms with Gasteiger partial charge >= 0.3 is 0 Å². The fraction of sp³-hybridized carbons (Fsp3) is 0.294. The Bertz CT molecular complexity index is 652. The smallest absolute Gasteiger partial charge is 0.242 e. The van der Waals surface area contributed by atoms with Crippen LogP contribution < -0.4 is 10.6 Å². The summed E-state index contributed by atoms with van der Waals surface area (Å²) in [7, 11) is 0. The maximum atomic E-state index is 12.0. The monoisotopic (exact) mass is 284 g/mol. The van der Waals surface area contributed by atoms with Crippen LogP contribution >= 0.6 is 0 Å². The Morgan fingerprint density at radius 3 is 2.52 bits per heavy atom. The fourth-order valence-corrected chi connectivity index (χ4v) is 2.22. The largest absolute Gasteiger partial charge is 0.355 e. The maximum Gasteiger partial charge on any atom is 0.242 e. The molecule has 0 fully saturated rings. The lowest BCUT2D eigenvalue weighted by Crippen LogP contribution is -2.45. The molecule has 4 heteroatoms. The summed E-state index contributed by atoms with van der Waals surface area (Å²) in [4.78, 5) is 23.6. The molecule has 0 aliphatic heterocycles. The quantitative estimate of drug-likeness (QED) is 0.882. The molecule has 0 spiro atoms. The van der Waals surface area contributed by atoms with Crippen LogP contribution in [-0.2, 0) is 16.0 Å². The highest BCUT2D eigenvalue weighted by atomic mass is 16.2. The number of benzene rings is 2. The summed E-state index contributed by atoms with van der Waals surface area (Å²) >= 11 is 0. The Labute approximate surface area is 124 Å². The van der Waals surface area contributed by atoms with Crippen molar-refractivity contribution in [2.75, 3.05) is 6.54 Å². The van der Waals surface area contributed by atoms with E-state index in [1.807, 2.05) is 49.4 Å². The Balaban J connectivity index is 1.99. The molecule has 1 atom stereocenters. The van der Waals surface area contributed by atoms with Crippen LogP contribution in [0.25, 0.3) is 10.8 Å². The molecule has 0 saturated carbocycles. The zero-order valence-corrected chi connectivity index (χ0v) is 12.3. The number of likely N-dealkylation sites (N-methyl/N-ethyl adjacent to an activating group) is 1. The Morgan fingerprint density at radius 1 is 1.10 bits per heavy atom. The van der Waals surface area contributed by atoms with E-state index in [-0.39, 0.29) is 18.2 Å². The highest BCUT2D eigenvalue weighted by Crippen LogP contribution is 2.15. The van der Waals surface area contributed by atoms with Crippen molar-refractivity contribution >= 4 is 22.6 Å². The number of hydrogen-bond acceptors (Lipinski definition) is 2. The number of hydrogen-bond donors (Lipinski definition) is 2. The van der Waals surface area contributed by atoms with E-state index in [9.17, 15) is 9.59 Å². The van der Waals surface area contributed by atoms with E-state index in [2.05, 4.69) is 10.6 Å². The normalized spacial score (nSPS) is 11.9. The first-order chi connectivity index (χ1) is 10.1. The number of fused-ring (bicyclic) bond motifs is 1. The van der Waals surface area contributed by atoms with Gasteiger partial charge in [0.15, 0.2) is 0 Å². The van der Waals surface area contributed by atoms with Crippen LogP contribution in [0.15, 0.2) is 42.5 Å². The summed E-state index contributed by atoms with van der Waals surface area (Å²) in [6, 6.07) is 13.5. The van der Waals surface area contributed by atoms with Gasteiger partial charge in [-0.05, 0) is 30.2 Å². The van der Waals surface area contributed by atoms with Crippen molar-refractivity contribution in [3.05, 3.63) is 48.0 Å². The highest BCUT2D eigenvalue weighted by Gasteiger charge is 2.14. The minimum absolute atomic E-state index is 0.149. The molecular formula is C17H20N2O2. The van der Waals surface area contributed by atoms with Crippen molar-refractivity contribution in [2.24, 2.45) is 0 Å². The number of rotatable bonds is 5. The molecule has 2 N–H and O–H groups in total. The molecule has 0 saturated heterocycles. The average Bonchev–Trinajstić information content (AvgIpc) is 2.47. The molecule has 2 aromatic carbocycles. The lowest BCUT2D eigenvalue weighted by Gasteiger charge is -2.13. The lowest BCUT2D eigenvalue weighted by atomic mass is 10.0. The molecule has 0 radical (unpaired) electrons. The number of nitrogens with one attached hydrogen (secondary N) is 2. The number of carbonyl (C=O) groups excluding carboxylic acids is 2. The third-order valence-electron chi connectivity index (χ3n) is 3.30. The molecule has 0 aromatic heterocycles. The average molecular weight is 284 g/mol. The first-order valence-corrected chi connectivity index (χ1v) is 7.15. The zero-order valence-electron chi connectivity index (χ0n) is 12.3. The van der Waals surface area contributed by atoms with Gasteiger partial charge in [-0.25, -0.2) is 0 Å². The predicted molar refractivity (Wildman–Crippen MR) is 83.9 cm³/mol. The molecule has 2 aromatic rings. The molecule has 0 unspecified atom stereocenters. The lowest BCUT2D eigenvalue weighted by molar-refractivity contribution is -0.128. The summed E-state index contributed by atoms with van der Waals surface area (Å²) < 4.78 is 0. The van der Waals surface area contributed by atoms with Gasteiger partial charge in [0.05, 0.1) is 6.42 Å². The molecule has 21 heavy (non-hydrogen) atoms. The van der Waals surface area contributed by atoms with Gasteiger partial charge in [-0.1, -0.05) is 42.5 Å². The van der Waals surface area contributed by atoms with E-state index >= 15 is 0 Å². The summed E-state index contributed by atoms with van der Waals surface area (Å²) in [6.45, 7) is 4.09. The van der Waals surface area contributed by atoms with Gasteiger partial charge < -0.3 is 10.6 Å². The van der Waals surface area contributed by atoms with Crippen LogP contribution in [0.4, 0.5) is 0 Å². The molecule has 0 aliphatic rings. The zero-order chi connectivity index (χ0) is 15.2. The van der Waals surface area contributed by atoms with Gasteiger partial charge in [0.2, 0.25) is 11.8 Å². The third-order valence-corrected chi connectivity index (χ3v) is 3.30. The van der Waals surface area contributed by atoms with Crippen molar-refractivity contribution in [2.45, 2.75) is 26.3 Å². The van der Waals surface area contributed by atoms with Crippen LogP contribution in [0.1, 0.15) is 19.4 Å². The summed E-state index contributed by atoms with van der Waals surface area (Å²) in [6.07, 6.45) is 0.272. The van der Waals surface area contributed by atoms with E-state index in [1.54, 1.807) is 6.92 Å². The van der Waals surface area contributed by atoms with Gasteiger partial charge in [-0.15, -0.1) is 0 Å². The number of carbonyl (C=O) groups is 2. The van der Waals surface area contributed by atoms with Crippen LogP contribution in [-0.4, -0.2) is 24.4 Å². The van der Waals surface area contributed by atoms with Crippen molar-refractivity contribution in [1.82, 2.24) is 10.6 Å². The van der Waals surface area contributed by atoms with Gasteiger partial charge in [-0.2, -0.15) is 0 Å². The first kappa shape index (κ1) is 15.0. The molecule has 110 valence electrons. The van der Waals surface area contributed by atoms with Gasteiger partial charge in [0, 0.05) is 6.54 Å². The minimum atomic E-state index is -0.516. The molecular weight excluding hydrogens is 264 g/mol. The minimum Gasteiger partial charge on any atom is -0.355 e. The standard InChI is InChI=1S/C17H20N2O2/c1-3-18-17(21)12(2)19-16(20)11-13-8-9-14-6-4-5-7-15(14)10-13/h4-10,12H,3,11H2,1-2H3,(H,18,21)(H,19,20)/t12-/m0/s1. The van der Waals surface area contributed by atoms with Crippen molar-refractivity contribution in [3.8, 4) is 0 Å². The van der Waals surface area contributed by atoms with Crippen LogP contribution in [0.2, 0.25) is 0 Å². The Hall–Kier alpha value is -2.36. The highest BCUT2D eigenvalue weighted by molar-refractivity contribution is 5.89.